The van der Waals surface area contributed by atoms with E-state index in [1.54, 1.807) is 12.0 Å². The van der Waals surface area contributed by atoms with E-state index < -0.39 is 5.97 Å². The highest BCUT2D eigenvalue weighted by atomic mass is 16.6. The van der Waals surface area contributed by atoms with Crippen molar-refractivity contribution in [1.82, 2.24) is 4.90 Å². The number of carbonyl (C=O) groups excluding carboxylic acids is 2. The second kappa shape index (κ2) is 10.6. The summed E-state index contributed by atoms with van der Waals surface area (Å²) in [6.07, 6.45) is 1.76. The molecule has 1 unspecified atom stereocenters. The van der Waals surface area contributed by atoms with Crippen molar-refractivity contribution in [2.75, 3.05) is 20.3 Å². The highest BCUT2D eigenvalue weighted by Gasteiger charge is 2.25. The zero-order valence-corrected chi connectivity index (χ0v) is 18.8. The van der Waals surface area contributed by atoms with Crippen LogP contribution in [0.2, 0.25) is 0 Å². The molecule has 1 aromatic carbocycles. The Kier molecular flexibility index (Phi) is 9.15. The Morgan fingerprint density at radius 2 is 1.75 bits per heavy atom. The number of benzene rings is 1. The summed E-state index contributed by atoms with van der Waals surface area (Å²) in [5.74, 6) is -0.568. The van der Waals surface area contributed by atoms with Gasteiger partial charge in [-0.1, -0.05) is 40.2 Å². The lowest BCUT2D eigenvalue weighted by atomic mass is 9.84. The van der Waals surface area contributed by atoms with E-state index >= 15 is 0 Å². The summed E-state index contributed by atoms with van der Waals surface area (Å²) >= 11 is 0. The normalized spacial score (nSPS) is 12.8. The van der Waals surface area contributed by atoms with E-state index in [0.29, 0.717) is 5.56 Å². The minimum atomic E-state index is -0.424. The standard InChI is InChI=1S/C23H37NO4/c1-9-10-18-11-19(13-20(12-18)23(5,6)7)22(26)24(16(2)3)14-21(25)28-15-17(4)27-8/h11-13,16-17H,9-10,14-15H2,1-8H3. The molecular formula is C23H37NO4. The van der Waals surface area contributed by atoms with Gasteiger partial charge in [-0.2, -0.15) is 0 Å². The number of hydrogen-bond acceptors (Lipinski definition) is 4. The second-order valence-electron chi connectivity index (χ2n) is 8.67. The summed E-state index contributed by atoms with van der Waals surface area (Å²) in [6.45, 7) is 14.3. The number of hydrogen-bond donors (Lipinski definition) is 0. The quantitative estimate of drug-likeness (QED) is 0.587. The van der Waals surface area contributed by atoms with Crippen molar-refractivity contribution in [3.8, 4) is 0 Å². The summed E-state index contributed by atoms with van der Waals surface area (Å²) in [4.78, 5) is 27.1. The summed E-state index contributed by atoms with van der Waals surface area (Å²) in [5.41, 5.74) is 2.85. The van der Waals surface area contributed by atoms with Crippen LogP contribution in [0.3, 0.4) is 0 Å². The van der Waals surface area contributed by atoms with Gasteiger partial charge >= 0.3 is 5.97 Å². The van der Waals surface area contributed by atoms with Crippen LogP contribution in [0.15, 0.2) is 18.2 Å². The van der Waals surface area contributed by atoms with Gasteiger partial charge in [0.25, 0.3) is 5.91 Å². The molecule has 5 heteroatoms. The van der Waals surface area contributed by atoms with Crippen LogP contribution in [-0.4, -0.2) is 49.2 Å². The molecule has 0 aliphatic rings. The fraction of sp³-hybridized carbons (Fsp3) is 0.652. The Balaban J connectivity index is 3.09. The van der Waals surface area contributed by atoms with E-state index in [0.717, 1.165) is 24.0 Å². The van der Waals surface area contributed by atoms with Gasteiger partial charge in [0.15, 0.2) is 0 Å². The summed E-state index contributed by atoms with van der Waals surface area (Å²) in [6, 6.07) is 5.97. The van der Waals surface area contributed by atoms with Gasteiger partial charge in [0, 0.05) is 18.7 Å². The molecule has 1 rings (SSSR count). The first kappa shape index (κ1) is 24.2. The van der Waals surface area contributed by atoms with E-state index in [9.17, 15) is 9.59 Å². The third-order valence-corrected chi connectivity index (χ3v) is 4.71. The van der Waals surface area contributed by atoms with Gasteiger partial charge < -0.3 is 14.4 Å². The maximum absolute atomic E-state index is 13.2. The molecular weight excluding hydrogens is 354 g/mol. The van der Waals surface area contributed by atoms with Gasteiger partial charge in [-0.15, -0.1) is 0 Å². The molecule has 0 aromatic heterocycles. The van der Waals surface area contributed by atoms with Crippen LogP contribution in [0.1, 0.15) is 76.4 Å². The van der Waals surface area contributed by atoms with Crippen molar-refractivity contribution >= 4 is 11.9 Å². The first-order chi connectivity index (χ1) is 13.0. The Hall–Kier alpha value is -1.88. The fourth-order valence-corrected chi connectivity index (χ4v) is 2.80. The molecule has 0 bridgehead atoms. The molecule has 158 valence electrons. The first-order valence-corrected chi connectivity index (χ1v) is 10.1. The van der Waals surface area contributed by atoms with Crippen molar-refractivity contribution < 1.29 is 19.1 Å². The highest BCUT2D eigenvalue weighted by molar-refractivity contribution is 5.96. The van der Waals surface area contributed by atoms with Crippen LogP contribution < -0.4 is 0 Å². The average molecular weight is 392 g/mol. The largest absolute Gasteiger partial charge is 0.462 e. The molecule has 1 amide bonds. The van der Waals surface area contributed by atoms with Crippen molar-refractivity contribution in [3.63, 3.8) is 0 Å². The maximum atomic E-state index is 13.2. The van der Waals surface area contributed by atoms with Crippen molar-refractivity contribution in [2.24, 2.45) is 0 Å². The van der Waals surface area contributed by atoms with Crippen LogP contribution in [0, 0.1) is 0 Å². The molecule has 0 heterocycles. The Bertz CT molecular complexity index is 661. The number of methoxy groups -OCH3 is 1. The molecule has 0 saturated carbocycles. The minimum absolute atomic E-state index is 0.0589. The van der Waals surface area contributed by atoms with E-state index in [-0.39, 0.29) is 36.6 Å². The summed E-state index contributed by atoms with van der Waals surface area (Å²) < 4.78 is 10.3. The number of carbonyl (C=O) groups is 2. The van der Waals surface area contributed by atoms with E-state index in [4.69, 9.17) is 9.47 Å². The first-order valence-electron chi connectivity index (χ1n) is 10.1. The average Bonchev–Trinajstić information content (AvgIpc) is 2.62. The molecule has 0 saturated heterocycles. The lowest BCUT2D eigenvalue weighted by Crippen LogP contribution is -2.41. The van der Waals surface area contributed by atoms with Crippen molar-refractivity contribution in [1.29, 1.82) is 0 Å². The van der Waals surface area contributed by atoms with Gasteiger partial charge in [0.05, 0.1) is 6.10 Å². The fourth-order valence-electron chi connectivity index (χ4n) is 2.80. The van der Waals surface area contributed by atoms with Crippen LogP contribution in [0.25, 0.3) is 0 Å². The van der Waals surface area contributed by atoms with Crippen LogP contribution in [-0.2, 0) is 26.1 Å². The van der Waals surface area contributed by atoms with Gasteiger partial charge in [0.2, 0.25) is 0 Å². The van der Waals surface area contributed by atoms with Gasteiger partial charge in [-0.3, -0.25) is 9.59 Å². The molecule has 1 aromatic rings. The number of rotatable bonds is 9. The lowest BCUT2D eigenvalue weighted by Gasteiger charge is -2.27. The number of aryl methyl sites for hydroxylation is 1. The zero-order chi connectivity index (χ0) is 21.5. The van der Waals surface area contributed by atoms with E-state index in [1.165, 1.54) is 0 Å². The van der Waals surface area contributed by atoms with E-state index in [1.807, 2.05) is 32.9 Å². The van der Waals surface area contributed by atoms with E-state index in [2.05, 4.69) is 33.8 Å². The highest BCUT2D eigenvalue weighted by Crippen LogP contribution is 2.26. The molecule has 28 heavy (non-hydrogen) atoms. The molecule has 0 fully saturated rings. The second-order valence-corrected chi connectivity index (χ2v) is 8.67. The summed E-state index contributed by atoms with van der Waals surface area (Å²) in [5, 5.41) is 0. The van der Waals surface area contributed by atoms with Crippen LogP contribution in [0.5, 0.6) is 0 Å². The predicted octanol–water partition coefficient (Wildman–Crippen LogP) is 4.37. The maximum Gasteiger partial charge on any atom is 0.325 e. The zero-order valence-electron chi connectivity index (χ0n) is 18.8. The van der Waals surface area contributed by atoms with Crippen LogP contribution in [0.4, 0.5) is 0 Å². The summed E-state index contributed by atoms with van der Waals surface area (Å²) in [7, 11) is 1.57. The van der Waals surface area contributed by atoms with Gasteiger partial charge in [-0.25, -0.2) is 0 Å². The molecule has 1 atom stereocenters. The number of ether oxygens (including phenoxy) is 2. The Labute approximate surface area is 170 Å². The third-order valence-electron chi connectivity index (χ3n) is 4.71. The van der Waals surface area contributed by atoms with Crippen LogP contribution >= 0.6 is 0 Å². The lowest BCUT2D eigenvalue weighted by molar-refractivity contribution is -0.147. The van der Waals surface area contributed by atoms with Crippen molar-refractivity contribution in [3.05, 3.63) is 34.9 Å². The third kappa shape index (κ3) is 7.27. The predicted molar refractivity (Wildman–Crippen MR) is 113 cm³/mol. The van der Waals surface area contributed by atoms with Gasteiger partial charge in [0.1, 0.15) is 13.2 Å². The van der Waals surface area contributed by atoms with Gasteiger partial charge in [-0.05, 0) is 55.9 Å². The topological polar surface area (TPSA) is 55.8 Å². The molecule has 0 radical (unpaired) electrons. The molecule has 0 aliphatic heterocycles. The number of nitrogens with zero attached hydrogens (tertiary/aromatic N) is 1. The Morgan fingerprint density at radius 1 is 1.11 bits per heavy atom. The smallest absolute Gasteiger partial charge is 0.325 e. The van der Waals surface area contributed by atoms with Crippen molar-refractivity contribution in [2.45, 2.75) is 78.9 Å². The number of esters is 1. The monoisotopic (exact) mass is 391 g/mol. The molecule has 0 N–H and O–H groups in total. The minimum Gasteiger partial charge on any atom is -0.462 e. The molecule has 5 nitrogen and oxygen atoms in total. The molecule has 0 spiro atoms. The SMILES string of the molecule is CCCc1cc(C(=O)N(CC(=O)OCC(C)OC)C(C)C)cc(C(C)(C)C)c1. The molecule has 0 aliphatic carbocycles. The Morgan fingerprint density at radius 3 is 2.25 bits per heavy atom. The number of amides is 1.